The Bertz CT molecular complexity index is 939. The van der Waals surface area contributed by atoms with Crippen molar-refractivity contribution in [2.75, 3.05) is 25.0 Å². The second-order valence-electron chi connectivity index (χ2n) is 7.50. The van der Waals surface area contributed by atoms with E-state index in [0.717, 1.165) is 24.8 Å². The summed E-state index contributed by atoms with van der Waals surface area (Å²) in [4.78, 5) is 12.6. The highest BCUT2D eigenvalue weighted by molar-refractivity contribution is 7.89. The lowest BCUT2D eigenvalue weighted by molar-refractivity contribution is -0.120. The molecule has 3 rings (SSSR count). The number of rotatable bonds is 7. The Morgan fingerprint density at radius 3 is 2.45 bits per heavy atom. The monoisotopic (exact) mass is 415 g/mol. The van der Waals surface area contributed by atoms with Crippen LogP contribution in [0.3, 0.4) is 0 Å². The first-order valence-electron chi connectivity index (χ1n) is 10.1. The standard InChI is InChI=1S/C22H29N3O3S/c1-17-11-12-20(15-21(17)29(27,28)25-13-7-4-8-14-25)23-16-22(26)24-18(2)19-9-5-3-6-10-19/h3,5-6,9-12,15,18,23H,4,7-8,13-14,16H2,1-2H3,(H,24,26)/t18-/m1/s1. The van der Waals surface area contributed by atoms with Gasteiger partial charge in [-0.1, -0.05) is 42.8 Å². The van der Waals surface area contributed by atoms with Crippen molar-refractivity contribution in [1.82, 2.24) is 9.62 Å². The number of carbonyl (C=O) groups excluding carboxylic acids is 1. The highest BCUT2D eigenvalue weighted by atomic mass is 32.2. The number of hydrogen-bond acceptors (Lipinski definition) is 4. The number of benzene rings is 2. The highest BCUT2D eigenvalue weighted by Crippen LogP contribution is 2.26. The van der Waals surface area contributed by atoms with Gasteiger partial charge in [-0.25, -0.2) is 8.42 Å². The third-order valence-corrected chi connectivity index (χ3v) is 7.29. The van der Waals surface area contributed by atoms with Crippen molar-refractivity contribution in [3.63, 3.8) is 0 Å². The average molecular weight is 416 g/mol. The normalized spacial score (nSPS) is 16.2. The van der Waals surface area contributed by atoms with Crippen LogP contribution in [-0.2, 0) is 14.8 Å². The van der Waals surface area contributed by atoms with Crippen molar-refractivity contribution >= 4 is 21.6 Å². The van der Waals surface area contributed by atoms with Crippen molar-refractivity contribution in [3.05, 3.63) is 59.7 Å². The zero-order valence-electron chi connectivity index (χ0n) is 17.0. The van der Waals surface area contributed by atoms with Crippen LogP contribution in [0.25, 0.3) is 0 Å². The minimum absolute atomic E-state index is 0.0729. The van der Waals surface area contributed by atoms with Gasteiger partial charge in [-0.3, -0.25) is 4.79 Å². The zero-order valence-corrected chi connectivity index (χ0v) is 17.8. The van der Waals surface area contributed by atoms with Crippen LogP contribution in [0.5, 0.6) is 0 Å². The van der Waals surface area contributed by atoms with Gasteiger partial charge in [-0.2, -0.15) is 4.31 Å². The van der Waals surface area contributed by atoms with Crippen LogP contribution in [0.1, 0.15) is 43.4 Å². The van der Waals surface area contributed by atoms with Gasteiger partial charge >= 0.3 is 0 Å². The average Bonchev–Trinajstić information content (AvgIpc) is 2.74. The summed E-state index contributed by atoms with van der Waals surface area (Å²) in [7, 11) is -3.52. The summed E-state index contributed by atoms with van der Waals surface area (Å²) >= 11 is 0. The van der Waals surface area contributed by atoms with Gasteiger partial charge in [0.25, 0.3) is 0 Å². The maximum absolute atomic E-state index is 13.0. The van der Waals surface area contributed by atoms with Crippen LogP contribution >= 0.6 is 0 Å². The number of carbonyl (C=O) groups is 1. The molecule has 0 spiro atoms. The number of sulfonamides is 1. The molecule has 1 saturated heterocycles. The molecule has 0 unspecified atom stereocenters. The summed E-state index contributed by atoms with van der Waals surface area (Å²) < 4.78 is 27.6. The van der Waals surface area contributed by atoms with Crippen LogP contribution in [0.15, 0.2) is 53.4 Å². The minimum atomic E-state index is -3.52. The summed E-state index contributed by atoms with van der Waals surface area (Å²) in [6.07, 6.45) is 2.87. The van der Waals surface area contributed by atoms with E-state index in [4.69, 9.17) is 0 Å². The molecule has 2 aromatic rings. The van der Waals surface area contributed by atoms with E-state index in [0.29, 0.717) is 29.2 Å². The predicted octanol–water partition coefficient (Wildman–Crippen LogP) is 3.46. The lowest BCUT2D eigenvalue weighted by Crippen LogP contribution is -2.36. The molecular formula is C22H29N3O3S. The second-order valence-corrected chi connectivity index (χ2v) is 9.40. The van der Waals surface area contributed by atoms with E-state index in [2.05, 4.69) is 10.6 Å². The lowest BCUT2D eigenvalue weighted by atomic mass is 10.1. The van der Waals surface area contributed by atoms with Gasteiger partial charge in [-0.05, 0) is 49.9 Å². The highest BCUT2D eigenvalue weighted by Gasteiger charge is 2.27. The Hall–Kier alpha value is -2.38. The smallest absolute Gasteiger partial charge is 0.243 e. The SMILES string of the molecule is Cc1ccc(NCC(=O)N[C@H](C)c2ccccc2)cc1S(=O)(=O)N1CCCCC1. The number of hydrogen-bond donors (Lipinski definition) is 2. The van der Waals surface area contributed by atoms with Crippen LogP contribution in [-0.4, -0.2) is 38.3 Å². The lowest BCUT2D eigenvalue weighted by Gasteiger charge is -2.26. The molecule has 0 aromatic heterocycles. The van der Waals surface area contributed by atoms with Crippen molar-refractivity contribution in [2.45, 2.75) is 44.0 Å². The van der Waals surface area contributed by atoms with E-state index >= 15 is 0 Å². The Labute approximate surface area is 173 Å². The molecule has 1 heterocycles. The van der Waals surface area contributed by atoms with Crippen LogP contribution in [0, 0.1) is 6.92 Å². The molecule has 1 aliphatic rings. The number of aryl methyl sites for hydroxylation is 1. The number of piperidine rings is 1. The number of amides is 1. The molecule has 7 heteroatoms. The maximum Gasteiger partial charge on any atom is 0.243 e. The van der Waals surface area contributed by atoms with Gasteiger partial charge < -0.3 is 10.6 Å². The Balaban J connectivity index is 1.64. The maximum atomic E-state index is 13.0. The molecule has 1 atom stereocenters. The van der Waals surface area contributed by atoms with Crippen molar-refractivity contribution in [2.24, 2.45) is 0 Å². The molecule has 1 fully saturated rings. The summed E-state index contributed by atoms with van der Waals surface area (Å²) in [5.41, 5.74) is 2.36. The van der Waals surface area contributed by atoms with E-state index in [1.807, 2.05) is 37.3 Å². The fourth-order valence-corrected chi connectivity index (χ4v) is 5.30. The van der Waals surface area contributed by atoms with E-state index in [1.165, 1.54) is 0 Å². The molecule has 0 radical (unpaired) electrons. The quantitative estimate of drug-likeness (QED) is 0.726. The first kappa shape index (κ1) is 21.3. The van der Waals surface area contributed by atoms with Crippen LogP contribution < -0.4 is 10.6 Å². The van der Waals surface area contributed by atoms with Crippen molar-refractivity contribution in [1.29, 1.82) is 0 Å². The molecule has 29 heavy (non-hydrogen) atoms. The molecule has 2 N–H and O–H groups in total. The first-order valence-corrected chi connectivity index (χ1v) is 11.5. The summed E-state index contributed by atoms with van der Waals surface area (Å²) in [5.74, 6) is -0.151. The fraction of sp³-hybridized carbons (Fsp3) is 0.409. The van der Waals surface area contributed by atoms with Gasteiger partial charge in [0.1, 0.15) is 0 Å². The Morgan fingerprint density at radius 2 is 1.76 bits per heavy atom. The van der Waals surface area contributed by atoms with Gasteiger partial charge in [-0.15, -0.1) is 0 Å². The predicted molar refractivity (Wildman–Crippen MR) is 115 cm³/mol. The molecule has 6 nitrogen and oxygen atoms in total. The molecule has 156 valence electrons. The minimum Gasteiger partial charge on any atom is -0.376 e. The molecule has 1 aliphatic heterocycles. The Morgan fingerprint density at radius 1 is 1.07 bits per heavy atom. The van der Waals surface area contributed by atoms with Gasteiger partial charge in [0.2, 0.25) is 15.9 Å². The van der Waals surface area contributed by atoms with E-state index < -0.39 is 10.0 Å². The number of anilines is 1. The van der Waals surface area contributed by atoms with Crippen LogP contribution in [0.4, 0.5) is 5.69 Å². The fourth-order valence-electron chi connectivity index (χ4n) is 3.53. The molecule has 2 aromatic carbocycles. The van der Waals surface area contributed by atoms with Gasteiger partial charge in [0.05, 0.1) is 17.5 Å². The molecule has 0 aliphatic carbocycles. The number of nitrogens with one attached hydrogen (secondary N) is 2. The summed E-state index contributed by atoms with van der Waals surface area (Å²) in [5, 5.41) is 6.00. The third-order valence-electron chi connectivity index (χ3n) is 5.25. The summed E-state index contributed by atoms with van der Waals surface area (Å²) in [6, 6.07) is 14.9. The second kappa shape index (κ2) is 9.41. The molecule has 1 amide bonds. The van der Waals surface area contributed by atoms with E-state index in [-0.39, 0.29) is 18.5 Å². The van der Waals surface area contributed by atoms with Gasteiger partial charge in [0, 0.05) is 18.8 Å². The zero-order chi connectivity index (χ0) is 20.9. The Kier molecular flexibility index (Phi) is 6.92. The van der Waals surface area contributed by atoms with Crippen molar-refractivity contribution in [3.8, 4) is 0 Å². The van der Waals surface area contributed by atoms with Crippen molar-refractivity contribution < 1.29 is 13.2 Å². The molecular weight excluding hydrogens is 386 g/mol. The summed E-state index contributed by atoms with van der Waals surface area (Å²) in [6.45, 7) is 4.94. The van der Waals surface area contributed by atoms with E-state index in [9.17, 15) is 13.2 Å². The first-order chi connectivity index (χ1) is 13.9. The largest absolute Gasteiger partial charge is 0.376 e. The third kappa shape index (κ3) is 5.36. The topological polar surface area (TPSA) is 78.5 Å². The molecule has 0 bridgehead atoms. The molecule has 0 saturated carbocycles. The van der Waals surface area contributed by atoms with Crippen LogP contribution in [0.2, 0.25) is 0 Å². The van der Waals surface area contributed by atoms with E-state index in [1.54, 1.807) is 29.4 Å². The number of nitrogens with zero attached hydrogens (tertiary/aromatic N) is 1. The van der Waals surface area contributed by atoms with Gasteiger partial charge in [0.15, 0.2) is 0 Å².